The lowest BCUT2D eigenvalue weighted by atomic mass is 10.2. The van der Waals surface area contributed by atoms with Gasteiger partial charge in [0.25, 0.3) is 0 Å². The molecule has 1 atom stereocenters. The second-order valence-corrected chi connectivity index (χ2v) is 10.4. The molecule has 0 aliphatic heterocycles. The second-order valence-electron chi connectivity index (χ2n) is 8.16. The number of hydrogen-bond donors (Lipinski definition) is 2. The number of rotatable bonds is 8. The van der Waals surface area contributed by atoms with E-state index in [2.05, 4.69) is 20.8 Å². The van der Waals surface area contributed by atoms with Crippen molar-refractivity contribution in [1.29, 1.82) is 0 Å². The van der Waals surface area contributed by atoms with Crippen LogP contribution in [0.25, 0.3) is 5.69 Å². The molecule has 0 saturated heterocycles. The van der Waals surface area contributed by atoms with Crippen LogP contribution < -0.4 is 15.4 Å². The number of ether oxygens (including phenoxy) is 1. The van der Waals surface area contributed by atoms with Gasteiger partial charge in [-0.15, -0.1) is 10.2 Å². The average molecular weight is 577 g/mol. The number of benzene rings is 3. The van der Waals surface area contributed by atoms with Crippen molar-refractivity contribution in [3.05, 3.63) is 92.7 Å². The molecule has 3 aromatic carbocycles. The summed E-state index contributed by atoms with van der Waals surface area (Å²) in [4.78, 5) is 12.8. The zero-order valence-corrected chi connectivity index (χ0v) is 23.3. The van der Waals surface area contributed by atoms with E-state index in [4.69, 9.17) is 39.5 Å². The van der Waals surface area contributed by atoms with Crippen LogP contribution in [-0.4, -0.2) is 27.9 Å². The lowest BCUT2D eigenvalue weighted by Crippen LogP contribution is -2.32. The van der Waals surface area contributed by atoms with E-state index < -0.39 is 12.1 Å². The van der Waals surface area contributed by atoms with Gasteiger partial charge in [-0.2, -0.15) is 0 Å². The molecule has 0 aliphatic carbocycles. The number of nitrogens with zero attached hydrogens (tertiary/aromatic N) is 3. The van der Waals surface area contributed by atoms with E-state index in [1.165, 1.54) is 11.8 Å². The molecule has 1 unspecified atom stereocenters. The summed E-state index contributed by atoms with van der Waals surface area (Å²) in [7, 11) is 1.64. The lowest BCUT2D eigenvalue weighted by molar-refractivity contribution is 0.249. The molecule has 2 amide bonds. The molecule has 0 spiro atoms. The third-order valence-corrected chi connectivity index (χ3v) is 7.37. The van der Waals surface area contributed by atoms with Crippen LogP contribution in [0.1, 0.15) is 29.9 Å². The lowest BCUT2D eigenvalue weighted by Gasteiger charge is -2.18. The highest BCUT2D eigenvalue weighted by atomic mass is 35.5. The first-order valence-electron chi connectivity index (χ1n) is 11.3. The Morgan fingerprint density at radius 2 is 1.78 bits per heavy atom. The van der Waals surface area contributed by atoms with E-state index in [1.54, 1.807) is 25.3 Å². The number of urea groups is 1. The number of nitrogens with one attached hydrogen (secondary N) is 2. The second kappa shape index (κ2) is 12.1. The van der Waals surface area contributed by atoms with E-state index in [1.807, 2.05) is 60.9 Å². The Kier molecular flexibility index (Phi) is 8.87. The molecule has 0 fully saturated rings. The van der Waals surface area contributed by atoms with E-state index in [-0.39, 0.29) is 0 Å². The molecule has 37 heavy (non-hydrogen) atoms. The van der Waals surface area contributed by atoms with Crippen molar-refractivity contribution in [1.82, 2.24) is 20.1 Å². The minimum absolute atomic E-state index is 0.331. The van der Waals surface area contributed by atoms with Gasteiger partial charge in [-0.1, -0.05) is 70.8 Å². The first-order chi connectivity index (χ1) is 17.8. The number of carbonyl (C=O) groups is 1. The van der Waals surface area contributed by atoms with Crippen molar-refractivity contribution in [3.63, 3.8) is 0 Å². The number of para-hydroxylation sites is 1. The van der Waals surface area contributed by atoms with Crippen LogP contribution in [0.5, 0.6) is 5.75 Å². The van der Waals surface area contributed by atoms with Crippen LogP contribution in [0, 0.1) is 6.92 Å². The maximum Gasteiger partial charge on any atom is 0.319 e. The molecule has 0 radical (unpaired) electrons. The van der Waals surface area contributed by atoms with Crippen molar-refractivity contribution >= 4 is 58.3 Å². The Morgan fingerprint density at radius 3 is 2.51 bits per heavy atom. The van der Waals surface area contributed by atoms with Gasteiger partial charge in [0.15, 0.2) is 11.0 Å². The van der Waals surface area contributed by atoms with Crippen molar-refractivity contribution in [3.8, 4) is 11.4 Å². The predicted octanol–water partition coefficient (Wildman–Crippen LogP) is 7.72. The van der Waals surface area contributed by atoms with Crippen LogP contribution in [0.4, 0.5) is 10.5 Å². The van der Waals surface area contributed by atoms with Crippen LogP contribution in [0.2, 0.25) is 15.1 Å². The summed E-state index contributed by atoms with van der Waals surface area (Å²) in [5, 5.41) is 16.4. The maximum atomic E-state index is 12.8. The predicted molar refractivity (Wildman–Crippen MR) is 151 cm³/mol. The van der Waals surface area contributed by atoms with Gasteiger partial charge in [-0.05, 0) is 61.4 Å². The first kappa shape index (κ1) is 27.1. The fourth-order valence-corrected chi connectivity index (χ4v) is 5.20. The van der Waals surface area contributed by atoms with Gasteiger partial charge < -0.3 is 15.4 Å². The largest absolute Gasteiger partial charge is 0.497 e. The number of anilines is 1. The van der Waals surface area contributed by atoms with Gasteiger partial charge in [0, 0.05) is 10.8 Å². The third kappa shape index (κ3) is 6.51. The summed E-state index contributed by atoms with van der Waals surface area (Å²) >= 11 is 20.3. The fraction of sp³-hybridized carbons (Fsp3) is 0.192. The summed E-state index contributed by atoms with van der Waals surface area (Å²) in [5.74, 6) is 1.97. The minimum Gasteiger partial charge on any atom is -0.497 e. The van der Waals surface area contributed by atoms with Crippen molar-refractivity contribution < 1.29 is 9.53 Å². The van der Waals surface area contributed by atoms with Crippen LogP contribution >= 0.6 is 46.6 Å². The quantitative estimate of drug-likeness (QED) is 0.210. The molecule has 1 heterocycles. The Labute approximate surface area is 234 Å². The molecule has 2 N–H and O–H groups in total. The van der Waals surface area contributed by atoms with E-state index in [9.17, 15) is 4.79 Å². The normalized spacial score (nSPS) is 11.7. The molecular formula is C26H24Cl3N5O2S. The van der Waals surface area contributed by atoms with Gasteiger partial charge in [-0.3, -0.25) is 4.57 Å². The van der Waals surface area contributed by atoms with Gasteiger partial charge in [-0.25, -0.2) is 4.79 Å². The van der Waals surface area contributed by atoms with E-state index >= 15 is 0 Å². The molecule has 192 valence electrons. The van der Waals surface area contributed by atoms with Crippen LogP contribution in [-0.2, 0) is 5.75 Å². The van der Waals surface area contributed by atoms with E-state index in [0.29, 0.717) is 37.5 Å². The number of thioether (sulfide) groups is 1. The number of aryl methyl sites for hydroxylation is 1. The standard InChI is InChI=1S/C26H24Cl3N5O2S/c1-15-10-11-18(27)13-22(15)34-24(16(2)30-25(35)31-23-20(28)8-5-9-21(23)29)32-33-26(34)37-14-17-6-4-7-19(12-17)36-3/h4-13,16H,14H2,1-3H3,(H2,30,31,35). The smallest absolute Gasteiger partial charge is 0.319 e. The summed E-state index contributed by atoms with van der Waals surface area (Å²) in [6, 6.07) is 17.5. The molecule has 4 rings (SSSR count). The summed E-state index contributed by atoms with van der Waals surface area (Å²) < 4.78 is 7.26. The Morgan fingerprint density at radius 1 is 1.05 bits per heavy atom. The summed E-state index contributed by atoms with van der Waals surface area (Å²) in [6.07, 6.45) is 0. The topological polar surface area (TPSA) is 81.1 Å². The number of aromatic nitrogens is 3. The summed E-state index contributed by atoms with van der Waals surface area (Å²) in [5.41, 5.74) is 3.21. The molecule has 0 bridgehead atoms. The number of halogens is 3. The highest BCUT2D eigenvalue weighted by Crippen LogP contribution is 2.32. The maximum absolute atomic E-state index is 12.8. The van der Waals surface area contributed by atoms with Gasteiger partial charge >= 0.3 is 6.03 Å². The monoisotopic (exact) mass is 575 g/mol. The number of methoxy groups -OCH3 is 1. The van der Waals surface area contributed by atoms with Gasteiger partial charge in [0.1, 0.15) is 5.75 Å². The molecule has 0 saturated carbocycles. The Hall–Kier alpha value is -2.91. The highest BCUT2D eigenvalue weighted by molar-refractivity contribution is 7.98. The van der Waals surface area contributed by atoms with Crippen molar-refractivity contribution in [2.45, 2.75) is 30.8 Å². The molecule has 1 aromatic heterocycles. The number of carbonyl (C=O) groups excluding carboxylic acids is 1. The zero-order chi connectivity index (χ0) is 26.5. The number of hydrogen-bond acceptors (Lipinski definition) is 5. The Bertz CT molecular complexity index is 1410. The molecule has 0 aliphatic rings. The summed E-state index contributed by atoms with van der Waals surface area (Å²) in [6.45, 7) is 3.81. The first-order valence-corrected chi connectivity index (χ1v) is 13.4. The Balaban J connectivity index is 1.62. The number of amides is 2. The van der Waals surface area contributed by atoms with Crippen molar-refractivity contribution in [2.24, 2.45) is 0 Å². The van der Waals surface area contributed by atoms with E-state index in [0.717, 1.165) is 22.6 Å². The van der Waals surface area contributed by atoms with Crippen molar-refractivity contribution in [2.75, 3.05) is 12.4 Å². The highest BCUT2D eigenvalue weighted by Gasteiger charge is 2.23. The molecule has 4 aromatic rings. The van der Waals surface area contributed by atoms with Gasteiger partial charge in [0.2, 0.25) is 0 Å². The van der Waals surface area contributed by atoms with Gasteiger partial charge in [0.05, 0.1) is 34.6 Å². The SMILES string of the molecule is COc1cccc(CSc2nnc(C(C)NC(=O)Nc3c(Cl)cccc3Cl)n2-c2cc(Cl)ccc2C)c1. The molecule has 7 nitrogen and oxygen atoms in total. The van der Waals surface area contributed by atoms with Crippen LogP contribution in [0.3, 0.4) is 0 Å². The fourth-order valence-electron chi connectivity index (χ4n) is 3.64. The molecule has 11 heteroatoms. The average Bonchev–Trinajstić information content (AvgIpc) is 3.30. The molecular weight excluding hydrogens is 553 g/mol. The third-order valence-electron chi connectivity index (χ3n) is 5.51. The minimum atomic E-state index is -0.515. The van der Waals surface area contributed by atoms with Crippen LogP contribution in [0.15, 0.2) is 65.8 Å². The zero-order valence-electron chi connectivity index (χ0n) is 20.3.